The van der Waals surface area contributed by atoms with Gasteiger partial charge in [-0.3, -0.25) is 9.42 Å². The Morgan fingerprint density at radius 2 is 2.07 bits per heavy atom. The summed E-state index contributed by atoms with van der Waals surface area (Å²) >= 11 is 5.58. The molecular weight excluding hydrogens is 239 g/mol. The maximum absolute atomic E-state index is 11.4. The van der Waals surface area contributed by atoms with Crippen LogP contribution >= 0.6 is 19.4 Å². The van der Waals surface area contributed by atoms with Crippen molar-refractivity contribution in [1.29, 1.82) is 0 Å². The SMILES string of the molecule is CCC(Cl)OP(=O)(O)Oc1ccccc1. The van der Waals surface area contributed by atoms with Crippen LogP contribution in [0, 0.1) is 0 Å². The third kappa shape index (κ3) is 4.67. The fraction of sp³-hybridized carbons (Fsp3) is 0.333. The van der Waals surface area contributed by atoms with Crippen molar-refractivity contribution < 1.29 is 18.5 Å². The van der Waals surface area contributed by atoms with E-state index in [-0.39, 0.29) is 5.75 Å². The van der Waals surface area contributed by atoms with Crippen LogP contribution in [0.4, 0.5) is 0 Å². The third-order valence-electron chi connectivity index (χ3n) is 1.53. The molecular formula is C9H12ClO4P. The largest absolute Gasteiger partial charge is 0.528 e. The number of rotatable bonds is 5. The topological polar surface area (TPSA) is 55.8 Å². The van der Waals surface area contributed by atoms with E-state index in [0.29, 0.717) is 6.42 Å². The van der Waals surface area contributed by atoms with Crippen molar-refractivity contribution in [2.75, 3.05) is 0 Å². The summed E-state index contributed by atoms with van der Waals surface area (Å²) in [5.41, 5.74) is -0.829. The van der Waals surface area contributed by atoms with Gasteiger partial charge in [0.15, 0.2) is 0 Å². The highest BCUT2D eigenvalue weighted by Crippen LogP contribution is 2.45. The molecule has 84 valence electrons. The molecule has 1 aromatic rings. The number of halogens is 1. The highest BCUT2D eigenvalue weighted by Gasteiger charge is 2.26. The molecule has 0 aliphatic heterocycles. The first-order valence-corrected chi connectivity index (χ1v) is 6.36. The first-order valence-electron chi connectivity index (χ1n) is 4.43. The van der Waals surface area contributed by atoms with E-state index in [4.69, 9.17) is 16.1 Å². The maximum Gasteiger partial charge on any atom is 0.528 e. The van der Waals surface area contributed by atoms with Gasteiger partial charge in [0, 0.05) is 0 Å². The van der Waals surface area contributed by atoms with E-state index < -0.39 is 13.4 Å². The summed E-state index contributed by atoms with van der Waals surface area (Å²) in [6.07, 6.45) is 0.421. The Morgan fingerprint density at radius 3 is 2.60 bits per heavy atom. The fourth-order valence-electron chi connectivity index (χ4n) is 0.855. The number of benzene rings is 1. The van der Waals surface area contributed by atoms with E-state index in [1.807, 2.05) is 0 Å². The second-order valence-corrected chi connectivity index (χ2v) is 4.61. The molecule has 2 unspecified atom stereocenters. The molecule has 0 bridgehead atoms. The third-order valence-corrected chi connectivity index (χ3v) is 3.02. The van der Waals surface area contributed by atoms with Gasteiger partial charge >= 0.3 is 7.82 Å². The van der Waals surface area contributed by atoms with Gasteiger partial charge in [0.25, 0.3) is 0 Å². The Bertz CT molecular complexity index is 343. The smallest absolute Gasteiger partial charge is 0.404 e. The van der Waals surface area contributed by atoms with Gasteiger partial charge in [-0.2, -0.15) is 0 Å². The fourth-order valence-corrected chi connectivity index (χ4v) is 2.03. The molecule has 0 heterocycles. The molecule has 0 amide bonds. The minimum atomic E-state index is -4.12. The zero-order valence-electron chi connectivity index (χ0n) is 8.17. The number of para-hydroxylation sites is 1. The quantitative estimate of drug-likeness (QED) is 0.644. The summed E-state index contributed by atoms with van der Waals surface area (Å²) in [6.45, 7) is 1.74. The molecule has 4 nitrogen and oxygen atoms in total. The van der Waals surface area contributed by atoms with Crippen LogP contribution in [0.5, 0.6) is 5.75 Å². The lowest BCUT2D eigenvalue weighted by Crippen LogP contribution is -2.04. The monoisotopic (exact) mass is 250 g/mol. The summed E-state index contributed by atoms with van der Waals surface area (Å²) in [4.78, 5) is 9.30. The molecule has 0 radical (unpaired) electrons. The molecule has 0 aliphatic rings. The van der Waals surface area contributed by atoms with Crippen LogP contribution in [-0.2, 0) is 9.09 Å². The van der Waals surface area contributed by atoms with Crippen LogP contribution in [0.25, 0.3) is 0 Å². The first kappa shape index (κ1) is 12.5. The van der Waals surface area contributed by atoms with Gasteiger partial charge in [0.1, 0.15) is 11.3 Å². The Kier molecular flexibility index (Phi) is 4.61. The average molecular weight is 251 g/mol. The Hall–Kier alpha value is -0.540. The molecule has 0 aromatic heterocycles. The molecule has 1 aromatic carbocycles. The van der Waals surface area contributed by atoms with Gasteiger partial charge in [-0.1, -0.05) is 36.7 Å². The van der Waals surface area contributed by atoms with E-state index in [1.165, 1.54) is 0 Å². The predicted octanol–water partition coefficient (Wildman–Crippen LogP) is 3.16. The molecule has 15 heavy (non-hydrogen) atoms. The van der Waals surface area contributed by atoms with Crippen molar-refractivity contribution in [2.45, 2.75) is 18.9 Å². The number of phosphoric acid groups is 1. The van der Waals surface area contributed by atoms with Crippen molar-refractivity contribution in [3.05, 3.63) is 30.3 Å². The zero-order chi connectivity index (χ0) is 11.3. The summed E-state index contributed by atoms with van der Waals surface area (Å²) < 4.78 is 20.8. The van der Waals surface area contributed by atoms with E-state index in [9.17, 15) is 9.46 Å². The Labute approximate surface area is 93.4 Å². The molecule has 1 N–H and O–H groups in total. The number of alkyl halides is 1. The van der Waals surface area contributed by atoms with E-state index in [2.05, 4.69) is 4.52 Å². The summed E-state index contributed by atoms with van der Waals surface area (Å²) in [6, 6.07) is 8.26. The van der Waals surface area contributed by atoms with Gasteiger partial charge in [-0.15, -0.1) is 0 Å². The van der Waals surface area contributed by atoms with E-state index >= 15 is 0 Å². The summed E-state index contributed by atoms with van der Waals surface area (Å²) in [5, 5.41) is 0. The van der Waals surface area contributed by atoms with Crippen LogP contribution in [0.1, 0.15) is 13.3 Å². The second-order valence-electron chi connectivity index (χ2n) is 2.80. The molecule has 6 heteroatoms. The lowest BCUT2D eigenvalue weighted by atomic mass is 10.3. The predicted molar refractivity (Wildman–Crippen MR) is 57.9 cm³/mol. The highest BCUT2D eigenvalue weighted by atomic mass is 35.5. The van der Waals surface area contributed by atoms with Crippen LogP contribution in [0.2, 0.25) is 0 Å². The van der Waals surface area contributed by atoms with Gasteiger partial charge in [-0.05, 0) is 18.6 Å². The van der Waals surface area contributed by atoms with Crippen molar-refractivity contribution in [3.8, 4) is 5.75 Å². The maximum atomic E-state index is 11.4. The highest BCUT2D eigenvalue weighted by molar-refractivity contribution is 7.47. The molecule has 0 spiro atoms. The lowest BCUT2D eigenvalue weighted by molar-refractivity contribution is 0.182. The minimum absolute atomic E-state index is 0.267. The van der Waals surface area contributed by atoms with Crippen LogP contribution < -0.4 is 4.52 Å². The van der Waals surface area contributed by atoms with Crippen molar-refractivity contribution >= 4 is 19.4 Å². The summed E-state index contributed by atoms with van der Waals surface area (Å²) in [5.74, 6) is 0.267. The zero-order valence-corrected chi connectivity index (χ0v) is 9.82. The normalized spacial score (nSPS) is 16.7. The molecule has 1 rings (SSSR count). The van der Waals surface area contributed by atoms with Gasteiger partial charge in [-0.25, -0.2) is 4.57 Å². The average Bonchev–Trinajstić information content (AvgIpc) is 2.17. The lowest BCUT2D eigenvalue weighted by Gasteiger charge is -2.15. The number of hydrogen-bond donors (Lipinski definition) is 1. The van der Waals surface area contributed by atoms with Gasteiger partial charge in [0.2, 0.25) is 0 Å². The van der Waals surface area contributed by atoms with Crippen LogP contribution in [0.15, 0.2) is 30.3 Å². The van der Waals surface area contributed by atoms with Crippen molar-refractivity contribution in [3.63, 3.8) is 0 Å². The molecule has 2 atom stereocenters. The van der Waals surface area contributed by atoms with Crippen molar-refractivity contribution in [1.82, 2.24) is 0 Å². The van der Waals surface area contributed by atoms with Crippen LogP contribution in [-0.4, -0.2) is 10.5 Å². The Morgan fingerprint density at radius 1 is 1.47 bits per heavy atom. The second kappa shape index (κ2) is 5.52. The summed E-state index contributed by atoms with van der Waals surface area (Å²) in [7, 11) is -4.12. The molecule has 0 aliphatic carbocycles. The number of phosphoric ester groups is 1. The standard InChI is InChI=1S/C9H12ClO4P/c1-2-9(10)14-15(11,12)13-8-6-4-3-5-7-8/h3-7,9H,2H2,1H3,(H,11,12). The first-order chi connectivity index (χ1) is 7.03. The van der Waals surface area contributed by atoms with Gasteiger partial charge < -0.3 is 4.52 Å². The van der Waals surface area contributed by atoms with Crippen molar-refractivity contribution in [2.24, 2.45) is 0 Å². The van der Waals surface area contributed by atoms with E-state index in [1.54, 1.807) is 37.3 Å². The minimum Gasteiger partial charge on any atom is -0.404 e. The van der Waals surface area contributed by atoms with E-state index in [0.717, 1.165) is 0 Å². The molecule has 0 saturated carbocycles. The van der Waals surface area contributed by atoms with Crippen LogP contribution in [0.3, 0.4) is 0 Å². The Balaban J connectivity index is 2.61. The number of hydrogen-bond acceptors (Lipinski definition) is 3. The van der Waals surface area contributed by atoms with Gasteiger partial charge in [0.05, 0.1) is 0 Å². The molecule has 0 fully saturated rings. The molecule has 0 saturated heterocycles.